The first-order chi connectivity index (χ1) is 6.79. The molecule has 0 spiro atoms. The van der Waals surface area contributed by atoms with Crippen molar-refractivity contribution < 1.29 is 14.6 Å². The highest BCUT2D eigenvalue weighted by Gasteiger charge is 2.34. The first-order valence-electron chi connectivity index (χ1n) is 4.68. The molecule has 1 fully saturated rings. The van der Waals surface area contributed by atoms with Crippen LogP contribution in [0.15, 0.2) is 30.3 Å². The van der Waals surface area contributed by atoms with Crippen LogP contribution in [0.3, 0.4) is 0 Å². The van der Waals surface area contributed by atoms with Crippen LogP contribution in [0.25, 0.3) is 0 Å². The van der Waals surface area contributed by atoms with Crippen molar-refractivity contribution in [3.05, 3.63) is 35.9 Å². The van der Waals surface area contributed by atoms with Crippen LogP contribution in [-0.4, -0.2) is 23.8 Å². The van der Waals surface area contributed by atoms with Gasteiger partial charge in [0.15, 0.2) is 6.10 Å². The van der Waals surface area contributed by atoms with Gasteiger partial charge in [-0.15, -0.1) is 0 Å². The molecule has 0 bridgehead atoms. The van der Waals surface area contributed by atoms with Crippen molar-refractivity contribution >= 4 is 5.97 Å². The van der Waals surface area contributed by atoms with Gasteiger partial charge in [0.05, 0.1) is 0 Å². The zero-order valence-corrected chi connectivity index (χ0v) is 7.72. The lowest BCUT2D eigenvalue weighted by atomic mass is 9.93. The predicted octanol–water partition coefficient (Wildman–Crippen LogP) is 1.64. The van der Waals surface area contributed by atoms with Gasteiger partial charge in [0.1, 0.15) is 0 Å². The quantitative estimate of drug-likeness (QED) is 0.774. The van der Waals surface area contributed by atoms with Crippen LogP contribution in [0.2, 0.25) is 0 Å². The highest BCUT2D eigenvalue weighted by Crippen LogP contribution is 2.31. The summed E-state index contributed by atoms with van der Waals surface area (Å²) in [6, 6.07) is 9.68. The number of aliphatic carboxylic acids is 1. The summed E-state index contributed by atoms with van der Waals surface area (Å²) in [5.41, 5.74) is 1.05. The van der Waals surface area contributed by atoms with Gasteiger partial charge >= 0.3 is 5.97 Å². The van der Waals surface area contributed by atoms with Gasteiger partial charge in [-0.2, -0.15) is 0 Å². The lowest BCUT2D eigenvalue weighted by Crippen LogP contribution is -2.24. The molecule has 0 radical (unpaired) electrons. The van der Waals surface area contributed by atoms with E-state index in [1.54, 1.807) is 0 Å². The van der Waals surface area contributed by atoms with Gasteiger partial charge in [0, 0.05) is 12.5 Å². The highest BCUT2D eigenvalue weighted by atomic mass is 16.5. The second-order valence-electron chi connectivity index (χ2n) is 3.44. The minimum absolute atomic E-state index is 0.00806. The molecule has 74 valence electrons. The van der Waals surface area contributed by atoms with Crippen molar-refractivity contribution in [1.29, 1.82) is 0 Å². The van der Waals surface area contributed by atoms with E-state index in [4.69, 9.17) is 9.84 Å². The normalized spacial score (nSPS) is 26.3. The van der Waals surface area contributed by atoms with E-state index in [2.05, 4.69) is 0 Å². The average Bonchev–Trinajstić information content (AvgIpc) is 2.67. The van der Waals surface area contributed by atoms with E-state index in [0.29, 0.717) is 6.61 Å². The summed E-state index contributed by atoms with van der Waals surface area (Å²) in [5.74, 6) is -0.856. The number of benzene rings is 1. The van der Waals surface area contributed by atoms with Crippen LogP contribution in [0.4, 0.5) is 0 Å². The van der Waals surface area contributed by atoms with E-state index in [9.17, 15) is 4.79 Å². The molecule has 1 aromatic rings. The molecule has 3 nitrogen and oxygen atoms in total. The third-order valence-corrected chi connectivity index (χ3v) is 2.56. The molecule has 3 heteroatoms. The third-order valence-electron chi connectivity index (χ3n) is 2.56. The van der Waals surface area contributed by atoms with Crippen molar-refractivity contribution in [2.24, 2.45) is 0 Å². The summed E-state index contributed by atoms with van der Waals surface area (Å²) in [6.45, 7) is 0.538. The molecule has 2 atom stereocenters. The Kier molecular flexibility index (Phi) is 2.50. The Morgan fingerprint density at radius 2 is 2.07 bits per heavy atom. The number of rotatable bonds is 2. The number of carboxylic acids is 1. The van der Waals surface area contributed by atoms with Gasteiger partial charge in [-0.25, -0.2) is 4.79 Å². The Labute approximate surface area is 82.3 Å². The number of carbonyl (C=O) groups is 1. The molecule has 1 aliphatic heterocycles. The Bertz CT molecular complexity index is 321. The lowest BCUT2D eigenvalue weighted by Gasteiger charge is -2.14. The molecular weight excluding hydrogens is 180 g/mol. The Hall–Kier alpha value is -1.35. The molecule has 2 rings (SSSR count). The van der Waals surface area contributed by atoms with Crippen molar-refractivity contribution in [3.8, 4) is 0 Å². The second kappa shape index (κ2) is 3.80. The molecule has 1 N–H and O–H groups in total. The number of hydrogen-bond donors (Lipinski definition) is 1. The van der Waals surface area contributed by atoms with Crippen molar-refractivity contribution in [2.45, 2.75) is 18.4 Å². The molecule has 0 amide bonds. The summed E-state index contributed by atoms with van der Waals surface area (Å²) in [7, 11) is 0. The molecule has 0 aromatic heterocycles. The Morgan fingerprint density at radius 1 is 1.36 bits per heavy atom. The molecular formula is C11H12O3. The zero-order valence-electron chi connectivity index (χ0n) is 7.72. The number of hydrogen-bond acceptors (Lipinski definition) is 2. The standard InChI is InChI=1S/C11H12O3/c12-11(13)10-9(6-7-14-10)8-4-2-1-3-5-8/h1-5,9-10H,6-7H2,(H,12,13)/t9-,10+/m1/s1. The molecule has 1 heterocycles. The number of carboxylic acid groups (broad SMARTS) is 1. The third kappa shape index (κ3) is 1.63. The minimum Gasteiger partial charge on any atom is -0.479 e. The SMILES string of the molecule is O=C(O)[C@H]1OCC[C@@H]1c1ccccc1. The second-order valence-corrected chi connectivity index (χ2v) is 3.44. The van der Waals surface area contributed by atoms with Gasteiger partial charge in [-0.3, -0.25) is 0 Å². The van der Waals surface area contributed by atoms with Crippen molar-refractivity contribution in [3.63, 3.8) is 0 Å². The summed E-state index contributed by atoms with van der Waals surface area (Å²) in [5, 5.41) is 8.92. The maximum Gasteiger partial charge on any atom is 0.333 e. The van der Waals surface area contributed by atoms with Crippen LogP contribution in [-0.2, 0) is 9.53 Å². The summed E-state index contributed by atoms with van der Waals surface area (Å²) >= 11 is 0. The Morgan fingerprint density at radius 3 is 2.71 bits per heavy atom. The average molecular weight is 192 g/mol. The fourth-order valence-electron chi connectivity index (χ4n) is 1.87. The van der Waals surface area contributed by atoms with E-state index in [1.807, 2.05) is 30.3 Å². The topological polar surface area (TPSA) is 46.5 Å². The van der Waals surface area contributed by atoms with Gasteiger partial charge in [-0.05, 0) is 12.0 Å². The molecule has 14 heavy (non-hydrogen) atoms. The molecule has 1 saturated heterocycles. The molecule has 0 aliphatic carbocycles. The van der Waals surface area contributed by atoms with Crippen molar-refractivity contribution in [1.82, 2.24) is 0 Å². The first kappa shape index (κ1) is 9.21. The summed E-state index contributed by atoms with van der Waals surface area (Å²) in [4.78, 5) is 10.9. The van der Waals surface area contributed by atoms with Crippen LogP contribution in [0, 0.1) is 0 Å². The molecule has 1 aromatic carbocycles. The smallest absolute Gasteiger partial charge is 0.333 e. The highest BCUT2D eigenvalue weighted by molar-refractivity contribution is 5.74. The van der Waals surface area contributed by atoms with Crippen molar-refractivity contribution in [2.75, 3.05) is 6.61 Å². The molecule has 1 aliphatic rings. The first-order valence-corrected chi connectivity index (χ1v) is 4.68. The van der Waals surface area contributed by atoms with Crippen LogP contribution >= 0.6 is 0 Å². The van der Waals surface area contributed by atoms with Gasteiger partial charge in [0.2, 0.25) is 0 Å². The minimum atomic E-state index is -0.864. The summed E-state index contributed by atoms with van der Waals surface area (Å²) in [6.07, 6.45) is 0.124. The van der Waals surface area contributed by atoms with Crippen LogP contribution in [0.5, 0.6) is 0 Å². The van der Waals surface area contributed by atoms with E-state index < -0.39 is 12.1 Å². The fourth-order valence-corrected chi connectivity index (χ4v) is 1.87. The zero-order chi connectivity index (χ0) is 9.97. The number of ether oxygens (including phenoxy) is 1. The lowest BCUT2D eigenvalue weighted by molar-refractivity contribution is -0.148. The monoisotopic (exact) mass is 192 g/mol. The maximum atomic E-state index is 10.9. The van der Waals surface area contributed by atoms with Gasteiger partial charge < -0.3 is 9.84 Å². The maximum absolute atomic E-state index is 10.9. The van der Waals surface area contributed by atoms with E-state index in [-0.39, 0.29) is 5.92 Å². The van der Waals surface area contributed by atoms with Crippen LogP contribution < -0.4 is 0 Å². The summed E-state index contributed by atoms with van der Waals surface area (Å²) < 4.78 is 5.18. The largest absolute Gasteiger partial charge is 0.479 e. The van der Waals surface area contributed by atoms with E-state index >= 15 is 0 Å². The molecule has 0 unspecified atom stereocenters. The predicted molar refractivity (Wildman–Crippen MR) is 51.2 cm³/mol. The van der Waals surface area contributed by atoms with E-state index in [1.165, 1.54) is 0 Å². The van der Waals surface area contributed by atoms with Gasteiger partial charge in [-0.1, -0.05) is 30.3 Å². The van der Waals surface area contributed by atoms with Gasteiger partial charge in [0.25, 0.3) is 0 Å². The van der Waals surface area contributed by atoms with E-state index in [0.717, 1.165) is 12.0 Å². The fraction of sp³-hybridized carbons (Fsp3) is 0.364. The van der Waals surface area contributed by atoms with Crippen LogP contribution in [0.1, 0.15) is 17.9 Å². The molecule has 0 saturated carbocycles. The Balaban J connectivity index is 2.22.